The molecule has 0 radical (unpaired) electrons. The highest BCUT2D eigenvalue weighted by atomic mass is 16.1. The summed E-state index contributed by atoms with van der Waals surface area (Å²) in [7, 11) is 0. The molecule has 0 saturated carbocycles. The van der Waals surface area contributed by atoms with Gasteiger partial charge in [0.25, 0.3) is 11.5 Å². The van der Waals surface area contributed by atoms with Gasteiger partial charge in [-0.1, -0.05) is 12.7 Å². The van der Waals surface area contributed by atoms with Crippen molar-refractivity contribution < 1.29 is 4.79 Å². The molecule has 4 rings (SSSR count). The maximum atomic E-state index is 13.6. The van der Waals surface area contributed by atoms with Crippen molar-refractivity contribution in [1.29, 1.82) is 0 Å². The van der Waals surface area contributed by atoms with E-state index in [-0.39, 0.29) is 24.1 Å². The summed E-state index contributed by atoms with van der Waals surface area (Å²) in [4.78, 5) is 35.4. The van der Waals surface area contributed by atoms with E-state index in [1.807, 2.05) is 75.3 Å². The SMILES string of the molecule is C=CN(/C=C\C)c1ccc(-c2cc(C(=O)NCc3c(C)cc(C)[nH]c3=O)c3c(C)cn(C(C)C)c3c2)cn1. The lowest BCUT2D eigenvalue weighted by atomic mass is 9.98. The van der Waals surface area contributed by atoms with Crippen LogP contribution in [0.4, 0.5) is 5.82 Å². The third-order valence-corrected chi connectivity index (χ3v) is 6.70. The molecule has 0 unspecified atom stereocenters. The number of aromatic amines is 1. The molecule has 3 heterocycles. The summed E-state index contributed by atoms with van der Waals surface area (Å²) in [6, 6.07) is 10.1. The molecule has 1 aromatic carbocycles. The zero-order valence-electron chi connectivity index (χ0n) is 22.9. The molecule has 0 fully saturated rings. The molecule has 3 aromatic heterocycles. The first-order valence-electron chi connectivity index (χ1n) is 12.8. The van der Waals surface area contributed by atoms with E-state index < -0.39 is 0 Å². The fourth-order valence-corrected chi connectivity index (χ4v) is 4.83. The molecule has 0 spiro atoms. The number of allylic oxidation sites excluding steroid dienone is 1. The number of aromatic nitrogens is 3. The van der Waals surface area contributed by atoms with Crippen molar-refractivity contribution in [1.82, 2.24) is 19.9 Å². The Hall–Kier alpha value is -4.39. The Morgan fingerprint density at radius 2 is 1.92 bits per heavy atom. The van der Waals surface area contributed by atoms with Crippen LogP contribution in [0, 0.1) is 20.8 Å². The van der Waals surface area contributed by atoms with Gasteiger partial charge in [0, 0.05) is 70.7 Å². The number of hydrogen-bond acceptors (Lipinski definition) is 4. The Balaban J connectivity index is 1.78. The maximum Gasteiger partial charge on any atom is 0.253 e. The fourth-order valence-electron chi connectivity index (χ4n) is 4.83. The van der Waals surface area contributed by atoms with E-state index in [0.717, 1.165) is 44.7 Å². The van der Waals surface area contributed by atoms with E-state index in [9.17, 15) is 9.59 Å². The predicted octanol–water partition coefficient (Wildman–Crippen LogP) is 6.31. The Morgan fingerprint density at radius 3 is 2.53 bits per heavy atom. The number of benzene rings is 1. The van der Waals surface area contributed by atoms with Gasteiger partial charge >= 0.3 is 0 Å². The van der Waals surface area contributed by atoms with Crippen LogP contribution >= 0.6 is 0 Å². The van der Waals surface area contributed by atoms with Gasteiger partial charge < -0.3 is 19.8 Å². The number of anilines is 1. The van der Waals surface area contributed by atoms with E-state index in [2.05, 4.69) is 52.5 Å². The first kappa shape index (κ1) is 26.7. The third-order valence-electron chi connectivity index (χ3n) is 6.70. The van der Waals surface area contributed by atoms with Gasteiger partial charge in [-0.05, 0) is 88.6 Å². The Labute approximate surface area is 223 Å². The number of nitrogens with one attached hydrogen (secondary N) is 2. The number of amides is 1. The monoisotopic (exact) mass is 509 g/mol. The summed E-state index contributed by atoms with van der Waals surface area (Å²) in [5, 5.41) is 3.90. The maximum absolute atomic E-state index is 13.6. The average molecular weight is 510 g/mol. The minimum atomic E-state index is -0.226. The number of carbonyl (C=O) groups is 1. The van der Waals surface area contributed by atoms with Crippen LogP contribution in [0.5, 0.6) is 0 Å². The van der Waals surface area contributed by atoms with E-state index >= 15 is 0 Å². The molecule has 7 nitrogen and oxygen atoms in total. The minimum Gasteiger partial charge on any atom is -0.348 e. The molecule has 0 bridgehead atoms. The van der Waals surface area contributed by atoms with Gasteiger partial charge in [0.2, 0.25) is 0 Å². The standard InChI is InChI=1S/C31H35N5O2/c1-8-12-35(9-2)28-11-10-23(16-32-28)24-14-25(29-21(6)18-36(19(3)4)27(29)15-24)30(37)33-17-26-20(5)13-22(7)34-31(26)38/h8-16,18-19H,2,17H2,1,3-7H3,(H,33,37)(H,34,38)/b12-8-. The molecule has 2 N–H and O–H groups in total. The fraction of sp³-hybridized carbons (Fsp3) is 0.258. The van der Waals surface area contributed by atoms with Crippen LogP contribution in [0.15, 0.2) is 72.6 Å². The number of rotatable bonds is 8. The van der Waals surface area contributed by atoms with Crippen LogP contribution in [0.1, 0.15) is 59.6 Å². The molecule has 0 aliphatic heterocycles. The van der Waals surface area contributed by atoms with Crippen LogP contribution in [-0.2, 0) is 6.54 Å². The molecule has 0 aliphatic rings. The van der Waals surface area contributed by atoms with Crippen LogP contribution < -0.4 is 15.8 Å². The molecule has 7 heteroatoms. The van der Waals surface area contributed by atoms with Crippen molar-refractivity contribution in [2.45, 2.75) is 54.1 Å². The highest BCUT2D eigenvalue weighted by Crippen LogP contribution is 2.33. The lowest BCUT2D eigenvalue weighted by molar-refractivity contribution is 0.0952. The number of aryl methyl sites for hydroxylation is 3. The van der Waals surface area contributed by atoms with E-state index in [4.69, 9.17) is 0 Å². The number of carbonyl (C=O) groups excluding carboxylic acids is 1. The molecule has 196 valence electrons. The normalized spacial score (nSPS) is 11.4. The second-order valence-corrected chi connectivity index (χ2v) is 9.83. The summed E-state index contributed by atoms with van der Waals surface area (Å²) in [6.07, 6.45) is 9.41. The summed E-state index contributed by atoms with van der Waals surface area (Å²) >= 11 is 0. The van der Waals surface area contributed by atoms with Crippen LogP contribution in [0.2, 0.25) is 0 Å². The van der Waals surface area contributed by atoms with Gasteiger partial charge in [0.1, 0.15) is 5.82 Å². The number of fused-ring (bicyclic) bond motifs is 1. The Morgan fingerprint density at radius 1 is 1.16 bits per heavy atom. The molecular weight excluding hydrogens is 474 g/mol. The summed E-state index contributed by atoms with van der Waals surface area (Å²) < 4.78 is 2.19. The summed E-state index contributed by atoms with van der Waals surface area (Å²) in [6.45, 7) is 15.9. The highest BCUT2D eigenvalue weighted by molar-refractivity contribution is 6.09. The van der Waals surface area contributed by atoms with Crippen molar-refractivity contribution in [3.05, 3.63) is 106 Å². The van der Waals surface area contributed by atoms with Crippen LogP contribution in [0.3, 0.4) is 0 Å². The van der Waals surface area contributed by atoms with Gasteiger partial charge in [-0.2, -0.15) is 0 Å². The van der Waals surface area contributed by atoms with Gasteiger partial charge in [0.15, 0.2) is 0 Å². The van der Waals surface area contributed by atoms with Crippen molar-refractivity contribution >= 4 is 22.6 Å². The van der Waals surface area contributed by atoms with Crippen molar-refractivity contribution in [2.24, 2.45) is 0 Å². The number of nitrogens with zero attached hydrogens (tertiary/aromatic N) is 3. The Kier molecular flexibility index (Phi) is 7.67. The van der Waals surface area contributed by atoms with E-state index in [0.29, 0.717) is 11.1 Å². The minimum absolute atomic E-state index is 0.147. The largest absolute Gasteiger partial charge is 0.348 e. The molecule has 1 amide bonds. The zero-order chi connectivity index (χ0) is 27.6. The van der Waals surface area contributed by atoms with Crippen molar-refractivity contribution in [3.63, 3.8) is 0 Å². The first-order chi connectivity index (χ1) is 18.1. The summed E-state index contributed by atoms with van der Waals surface area (Å²) in [5.74, 6) is 0.525. The van der Waals surface area contributed by atoms with Crippen LogP contribution in [-0.4, -0.2) is 20.4 Å². The molecule has 38 heavy (non-hydrogen) atoms. The summed E-state index contributed by atoms with van der Waals surface area (Å²) in [5.41, 5.74) is 6.39. The smallest absolute Gasteiger partial charge is 0.253 e. The topological polar surface area (TPSA) is 83.0 Å². The Bertz CT molecular complexity index is 1590. The van der Waals surface area contributed by atoms with Crippen LogP contribution in [0.25, 0.3) is 22.0 Å². The zero-order valence-corrected chi connectivity index (χ0v) is 22.9. The highest BCUT2D eigenvalue weighted by Gasteiger charge is 2.19. The molecular formula is C31H35N5O2. The molecule has 0 atom stereocenters. The second-order valence-electron chi connectivity index (χ2n) is 9.83. The van der Waals surface area contributed by atoms with Gasteiger partial charge in [-0.3, -0.25) is 9.59 Å². The lowest BCUT2D eigenvalue weighted by Gasteiger charge is -2.15. The molecule has 4 aromatic rings. The van der Waals surface area contributed by atoms with E-state index in [1.54, 1.807) is 6.20 Å². The number of hydrogen-bond donors (Lipinski definition) is 2. The third kappa shape index (κ3) is 5.18. The van der Waals surface area contributed by atoms with Gasteiger partial charge in [-0.25, -0.2) is 4.98 Å². The first-order valence-corrected chi connectivity index (χ1v) is 12.8. The van der Waals surface area contributed by atoms with Gasteiger partial charge in [-0.15, -0.1) is 0 Å². The quantitative estimate of drug-likeness (QED) is 0.292. The predicted molar refractivity (Wildman–Crippen MR) is 155 cm³/mol. The van der Waals surface area contributed by atoms with Crippen molar-refractivity contribution in [2.75, 3.05) is 4.90 Å². The second kappa shape index (κ2) is 10.9. The number of pyridine rings is 2. The van der Waals surface area contributed by atoms with E-state index in [1.165, 1.54) is 0 Å². The molecule has 0 aliphatic carbocycles. The van der Waals surface area contributed by atoms with Gasteiger partial charge in [0.05, 0.1) is 0 Å². The lowest BCUT2D eigenvalue weighted by Crippen LogP contribution is -2.28. The average Bonchev–Trinajstić information content (AvgIpc) is 3.22. The van der Waals surface area contributed by atoms with Crippen molar-refractivity contribution in [3.8, 4) is 11.1 Å². The molecule has 0 saturated heterocycles. The number of H-pyrrole nitrogens is 1.